The zero-order chi connectivity index (χ0) is 29.4. The lowest BCUT2D eigenvalue weighted by molar-refractivity contribution is -0.139. The van der Waals surface area contributed by atoms with Gasteiger partial charge in [-0.3, -0.25) is 4.90 Å². The number of hydrogen-bond donors (Lipinski definition) is 1. The van der Waals surface area contributed by atoms with Crippen LogP contribution in [0.1, 0.15) is 11.5 Å². The van der Waals surface area contributed by atoms with Crippen LogP contribution in [0.5, 0.6) is 0 Å². The molecule has 42 heavy (non-hydrogen) atoms. The quantitative estimate of drug-likeness (QED) is 0.277. The van der Waals surface area contributed by atoms with Crippen molar-refractivity contribution in [2.45, 2.75) is 5.92 Å². The number of ether oxygens (including phenoxy) is 2. The van der Waals surface area contributed by atoms with Gasteiger partial charge in [-0.2, -0.15) is 5.26 Å². The average molecular weight is 557 g/mol. The molecule has 9 nitrogen and oxygen atoms in total. The summed E-state index contributed by atoms with van der Waals surface area (Å²) in [4.78, 5) is 32.6. The molecule has 0 spiro atoms. The predicted molar refractivity (Wildman–Crippen MR) is 156 cm³/mol. The van der Waals surface area contributed by atoms with Gasteiger partial charge in [-0.05, 0) is 46.7 Å². The molecule has 0 bridgehead atoms. The van der Waals surface area contributed by atoms with E-state index in [0.29, 0.717) is 28.2 Å². The molecule has 6 rings (SSSR count). The molecule has 0 saturated heterocycles. The normalized spacial score (nSPS) is 15.2. The molecule has 1 aliphatic rings. The summed E-state index contributed by atoms with van der Waals surface area (Å²) in [6.45, 7) is 0. The Morgan fingerprint density at radius 2 is 1.62 bits per heavy atom. The Balaban J connectivity index is 1.53. The van der Waals surface area contributed by atoms with Crippen molar-refractivity contribution in [2.24, 2.45) is 5.73 Å². The second-order valence-corrected chi connectivity index (χ2v) is 9.57. The van der Waals surface area contributed by atoms with Gasteiger partial charge in [0.25, 0.3) is 0 Å². The predicted octanol–water partition coefficient (Wildman–Crippen LogP) is 5.55. The van der Waals surface area contributed by atoms with Crippen molar-refractivity contribution < 1.29 is 23.5 Å². The van der Waals surface area contributed by atoms with Crippen LogP contribution in [0.3, 0.4) is 0 Å². The summed E-state index contributed by atoms with van der Waals surface area (Å²) < 4.78 is 16.3. The fourth-order valence-corrected chi connectivity index (χ4v) is 5.28. The number of fused-ring (bicyclic) bond motifs is 2. The maximum absolute atomic E-state index is 13.3. The first-order valence-corrected chi connectivity index (χ1v) is 13.0. The summed E-state index contributed by atoms with van der Waals surface area (Å²) in [6.07, 6.45) is 0. The van der Waals surface area contributed by atoms with Crippen LogP contribution in [0.4, 0.5) is 5.69 Å². The lowest BCUT2D eigenvalue weighted by Crippen LogP contribution is -2.40. The largest absolute Gasteiger partial charge is 0.466 e. The third-order valence-corrected chi connectivity index (χ3v) is 7.24. The lowest BCUT2D eigenvalue weighted by atomic mass is 9.81. The number of oxazole rings is 1. The molecule has 5 aromatic rings. The minimum Gasteiger partial charge on any atom is -0.466 e. The standard InChI is InChI=1S/C33H24N4O5/c1-40-32(38)28-27(20-9-4-3-5-10-20)24(18-34)30(35)37(29(28)33(39)41-2)23-14-15-26-25(17-23)36-31(42-26)22-13-12-19-8-6-7-11-21(19)16-22/h3-17,27H,35H2,1-2H3. The summed E-state index contributed by atoms with van der Waals surface area (Å²) in [7, 11) is 2.41. The number of nitrogens with zero attached hydrogens (tertiary/aromatic N) is 3. The Hall–Kier alpha value is -5.88. The molecule has 1 unspecified atom stereocenters. The fraction of sp³-hybridized carbons (Fsp3) is 0.0909. The number of carbonyl (C=O) groups excluding carboxylic acids is 2. The van der Waals surface area contributed by atoms with Crippen molar-refractivity contribution in [1.29, 1.82) is 5.26 Å². The van der Waals surface area contributed by atoms with Crippen molar-refractivity contribution in [3.8, 4) is 17.5 Å². The van der Waals surface area contributed by atoms with E-state index in [9.17, 15) is 14.9 Å². The number of nitrogens with two attached hydrogens (primary N) is 1. The maximum atomic E-state index is 13.3. The molecule has 9 heteroatoms. The van der Waals surface area contributed by atoms with Crippen LogP contribution in [0.2, 0.25) is 0 Å². The van der Waals surface area contributed by atoms with Gasteiger partial charge >= 0.3 is 11.9 Å². The van der Waals surface area contributed by atoms with Crippen LogP contribution in [-0.4, -0.2) is 31.1 Å². The Morgan fingerprint density at radius 3 is 2.33 bits per heavy atom. The van der Waals surface area contributed by atoms with E-state index in [-0.39, 0.29) is 22.7 Å². The zero-order valence-corrected chi connectivity index (χ0v) is 22.7. The second kappa shape index (κ2) is 10.6. The molecule has 0 saturated carbocycles. The van der Waals surface area contributed by atoms with E-state index in [1.54, 1.807) is 48.5 Å². The minimum atomic E-state index is -0.954. The van der Waals surface area contributed by atoms with Crippen LogP contribution in [0, 0.1) is 11.3 Å². The van der Waals surface area contributed by atoms with Crippen molar-refractivity contribution in [3.63, 3.8) is 0 Å². The molecular weight excluding hydrogens is 532 g/mol. The number of esters is 2. The first-order chi connectivity index (χ1) is 20.4. The zero-order valence-electron chi connectivity index (χ0n) is 22.7. The van der Waals surface area contributed by atoms with Gasteiger partial charge in [0.05, 0.1) is 43.0 Å². The molecule has 206 valence electrons. The number of carbonyl (C=O) groups is 2. The topological polar surface area (TPSA) is 132 Å². The van der Waals surface area contributed by atoms with E-state index in [2.05, 4.69) is 6.07 Å². The summed E-state index contributed by atoms with van der Waals surface area (Å²) in [5.41, 5.74) is 9.20. The Kier molecular flexibility index (Phi) is 6.65. The van der Waals surface area contributed by atoms with Crippen molar-refractivity contribution in [3.05, 3.63) is 119 Å². The van der Waals surface area contributed by atoms with Crippen LogP contribution in [0.15, 0.2) is 118 Å². The molecule has 1 aliphatic heterocycles. The number of hydrogen-bond acceptors (Lipinski definition) is 9. The summed E-state index contributed by atoms with van der Waals surface area (Å²) in [5.74, 6) is -2.19. The molecule has 1 atom stereocenters. The smallest absolute Gasteiger partial charge is 0.355 e. The van der Waals surface area contributed by atoms with Crippen molar-refractivity contribution in [2.75, 3.05) is 19.1 Å². The van der Waals surface area contributed by atoms with E-state index >= 15 is 0 Å². The Labute approximate surface area is 240 Å². The number of rotatable bonds is 5. The van der Waals surface area contributed by atoms with Crippen molar-refractivity contribution in [1.82, 2.24) is 4.98 Å². The number of nitriles is 1. The van der Waals surface area contributed by atoms with E-state index in [1.165, 1.54) is 19.1 Å². The summed E-state index contributed by atoms with van der Waals surface area (Å²) in [6, 6.07) is 29.9. The van der Waals surface area contributed by atoms with E-state index in [1.807, 2.05) is 42.5 Å². The lowest BCUT2D eigenvalue weighted by Gasteiger charge is -2.35. The Bertz CT molecular complexity index is 1980. The van der Waals surface area contributed by atoms with E-state index < -0.39 is 17.9 Å². The highest BCUT2D eigenvalue weighted by Gasteiger charge is 2.43. The molecule has 2 heterocycles. The highest BCUT2D eigenvalue weighted by atomic mass is 16.5. The highest BCUT2D eigenvalue weighted by molar-refractivity contribution is 6.06. The molecule has 0 radical (unpaired) electrons. The molecule has 2 N–H and O–H groups in total. The number of allylic oxidation sites excluding steroid dienone is 1. The van der Waals surface area contributed by atoms with Gasteiger partial charge in [0, 0.05) is 5.56 Å². The first-order valence-electron chi connectivity index (χ1n) is 13.0. The van der Waals surface area contributed by atoms with Crippen LogP contribution in [0.25, 0.3) is 33.3 Å². The Morgan fingerprint density at radius 1 is 0.905 bits per heavy atom. The highest BCUT2D eigenvalue weighted by Crippen LogP contribution is 2.43. The minimum absolute atomic E-state index is 0.0306. The maximum Gasteiger partial charge on any atom is 0.355 e. The van der Waals surface area contributed by atoms with Gasteiger partial charge in [0.2, 0.25) is 5.89 Å². The van der Waals surface area contributed by atoms with Gasteiger partial charge in [-0.25, -0.2) is 14.6 Å². The van der Waals surface area contributed by atoms with Gasteiger partial charge in [-0.1, -0.05) is 60.7 Å². The summed E-state index contributed by atoms with van der Waals surface area (Å²) in [5, 5.41) is 12.4. The molecule has 0 amide bonds. The van der Waals surface area contributed by atoms with Crippen LogP contribution >= 0.6 is 0 Å². The third-order valence-electron chi connectivity index (χ3n) is 7.24. The molecular formula is C33H24N4O5. The SMILES string of the molecule is COC(=O)C1=C(C(=O)OC)N(c2ccc3oc(-c4ccc5ccccc5c4)nc3c2)C(N)=C(C#N)C1c1ccccc1. The number of methoxy groups -OCH3 is 2. The van der Waals surface area contributed by atoms with Crippen LogP contribution in [-0.2, 0) is 19.1 Å². The fourth-order valence-electron chi connectivity index (χ4n) is 5.28. The number of benzene rings is 4. The van der Waals surface area contributed by atoms with Gasteiger partial charge < -0.3 is 19.6 Å². The second-order valence-electron chi connectivity index (χ2n) is 9.57. The van der Waals surface area contributed by atoms with Gasteiger partial charge in [0.1, 0.15) is 17.0 Å². The molecule has 0 aliphatic carbocycles. The number of aromatic nitrogens is 1. The summed E-state index contributed by atoms with van der Waals surface area (Å²) >= 11 is 0. The molecule has 0 fully saturated rings. The van der Waals surface area contributed by atoms with Crippen molar-refractivity contribution >= 4 is 39.5 Å². The van der Waals surface area contributed by atoms with E-state index in [4.69, 9.17) is 24.6 Å². The van der Waals surface area contributed by atoms with Gasteiger partial charge in [-0.15, -0.1) is 0 Å². The first kappa shape index (κ1) is 26.3. The third kappa shape index (κ3) is 4.32. The average Bonchev–Trinajstić information content (AvgIpc) is 3.47. The molecule has 1 aromatic heterocycles. The van der Waals surface area contributed by atoms with Crippen LogP contribution < -0.4 is 10.6 Å². The molecule has 4 aromatic carbocycles. The van der Waals surface area contributed by atoms with Gasteiger partial charge in [0.15, 0.2) is 5.58 Å². The number of anilines is 1. The van der Waals surface area contributed by atoms with E-state index in [0.717, 1.165) is 16.3 Å². The monoisotopic (exact) mass is 556 g/mol.